The van der Waals surface area contributed by atoms with Gasteiger partial charge in [-0.15, -0.1) is 0 Å². The third-order valence-corrected chi connectivity index (χ3v) is 8.45. The van der Waals surface area contributed by atoms with Crippen LogP contribution in [0.4, 0.5) is 0 Å². The summed E-state index contributed by atoms with van der Waals surface area (Å²) in [5, 5.41) is 0.259. The van der Waals surface area contributed by atoms with Crippen LogP contribution in [-0.2, 0) is 9.22 Å². The van der Waals surface area contributed by atoms with Crippen molar-refractivity contribution < 1.29 is 9.22 Å². The van der Waals surface area contributed by atoms with Crippen molar-refractivity contribution >= 4 is 14.1 Å². The van der Waals surface area contributed by atoms with Crippen LogP contribution in [0.25, 0.3) is 0 Å². The van der Waals surface area contributed by atoms with E-state index in [4.69, 9.17) is 4.43 Å². The molecule has 0 aromatic carbocycles. The number of carbonyl (C=O) groups is 1. The van der Waals surface area contributed by atoms with E-state index in [2.05, 4.69) is 33.9 Å². The molecule has 0 spiro atoms. The number of hydrogen-bond donors (Lipinski definition) is 0. The first kappa shape index (κ1) is 14.6. The number of hydrogen-bond acceptors (Lipinski definition) is 2. The van der Waals surface area contributed by atoms with Gasteiger partial charge in [0.2, 0.25) is 0 Å². The molecular formula is C14H26O2Si. The molecule has 0 saturated carbocycles. The number of carbonyl (C=O) groups excluding carboxylic acids is 1. The second-order valence-electron chi connectivity index (χ2n) is 6.50. The first-order chi connectivity index (χ1) is 7.72. The minimum Gasteiger partial charge on any atom is -0.414 e. The van der Waals surface area contributed by atoms with E-state index >= 15 is 0 Å². The molecule has 0 aromatic heterocycles. The average Bonchev–Trinajstić information content (AvgIpc) is 2.11. The summed E-state index contributed by atoms with van der Waals surface area (Å²) in [4.78, 5) is 11.3. The van der Waals surface area contributed by atoms with E-state index in [1.807, 2.05) is 6.08 Å². The van der Waals surface area contributed by atoms with Gasteiger partial charge in [0.05, 0.1) is 0 Å². The molecule has 2 nitrogen and oxygen atoms in total. The van der Waals surface area contributed by atoms with E-state index in [1.54, 1.807) is 6.08 Å². The van der Waals surface area contributed by atoms with Crippen LogP contribution in [0.3, 0.4) is 0 Å². The molecule has 1 rings (SSSR count). The third kappa shape index (κ3) is 4.40. The van der Waals surface area contributed by atoms with E-state index in [0.717, 1.165) is 19.3 Å². The molecule has 98 valence electrons. The summed E-state index contributed by atoms with van der Waals surface area (Å²) in [5.74, 6) is 0.260. The minimum atomic E-state index is -1.67. The maximum Gasteiger partial charge on any atom is 0.192 e. The van der Waals surface area contributed by atoms with Crippen LogP contribution in [0, 0.1) is 0 Å². The summed E-state index contributed by atoms with van der Waals surface area (Å²) in [6, 6.07) is 0. The Labute approximate surface area is 107 Å². The van der Waals surface area contributed by atoms with E-state index in [0.29, 0.717) is 12.5 Å². The zero-order valence-corrected chi connectivity index (χ0v) is 12.9. The summed E-state index contributed by atoms with van der Waals surface area (Å²) in [6.45, 7) is 11.4. The zero-order chi connectivity index (χ0) is 13.1. The van der Waals surface area contributed by atoms with Gasteiger partial charge in [0.1, 0.15) is 0 Å². The van der Waals surface area contributed by atoms with Crippen LogP contribution in [-0.4, -0.2) is 20.2 Å². The molecule has 1 atom stereocenters. The highest BCUT2D eigenvalue weighted by molar-refractivity contribution is 6.74. The van der Waals surface area contributed by atoms with Crippen molar-refractivity contribution in [1.82, 2.24) is 0 Å². The largest absolute Gasteiger partial charge is 0.414 e. The average molecular weight is 254 g/mol. The highest BCUT2D eigenvalue weighted by atomic mass is 28.4. The monoisotopic (exact) mass is 254 g/mol. The van der Waals surface area contributed by atoms with Crippen LogP contribution in [0.5, 0.6) is 0 Å². The summed E-state index contributed by atoms with van der Waals surface area (Å²) >= 11 is 0. The number of rotatable bonds is 2. The molecule has 1 aliphatic rings. The molecule has 0 amide bonds. The lowest BCUT2D eigenvalue weighted by atomic mass is 10.0. The van der Waals surface area contributed by atoms with Crippen LogP contribution < -0.4 is 0 Å². The molecule has 0 aromatic rings. The smallest absolute Gasteiger partial charge is 0.192 e. The van der Waals surface area contributed by atoms with Gasteiger partial charge in [-0.25, -0.2) is 0 Å². The Morgan fingerprint density at radius 3 is 2.59 bits per heavy atom. The lowest BCUT2D eigenvalue weighted by molar-refractivity contribution is -0.114. The molecule has 0 radical (unpaired) electrons. The van der Waals surface area contributed by atoms with Crippen molar-refractivity contribution in [1.29, 1.82) is 0 Å². The Morgan fingerprint density at radius 2 is 2.00 bits per heavy atom. The van der Waals surface area contributed by atoms with Gasteiger partial charge >= 0.3 is 0 Å². The SMILES string of the molecule is CC(C)(C)[Si](C)(C)OC1CC=CC(=O)CCC1. The lowest BCUT2D eigenvalue weighted by Crippen LogP contribution is -2.44. The molecular weight excluding hydrogens is 228 g/mol. The van der Waals surface area contributed by atoms with Crippen molar-refractivity contribution in [3.05, 3.63) is 12.2 Å². The molecule has 17 heavy (non-hydrogen) atoms. The van der Waals surface area contributed by atoms with Gasteiger partial charge in [-0.1, -0.05) is 26.8 Å². The molecule has 1 unspecified atom stereocenters. The first-order valence-corrected chi connectivity index (χ1v) is 9.50. The molecule has 1 aliphatic carbocycles. The predicted molar refractivity (Wildman–Crippen MR) is 74.7 cm³/mol. The third-order valence-electron chi connectivity index (χ3n) is 3.92. The van der Waals surface area contributed by atoms with Crippen molar-refractivity contribution in [3.63, 3.8) is 0 Å². The molecule has 0 heterocycles. The molecule has 3 heteroatoms. The molecule has 0 fully saturated rings. The van der Waals surface area contributed by atoms with Gasteiger partial charge in [0.15, 0.2) is 14.1 Å². The van der Waals surface area contributed by atoms with Gasteiger partial charge in [0, 0.05) is 12.5 Å². The van der Waals surface area contributed by atoms with Crippen molar-refractivity contribution in [3.8, 4) is 0 Å². The van der Waals surface area contributed by atoms with Gasteiger partial charge in [-0.2, -0.15) is 0 Å². The normalized spacial score (nSPS) is 23.4. The van der Waals surface area contributed by atoms with Gasteiger partial charge < -0.3 is 4.43 Å². The summed E-state index contributed by atoms with van der Waals surface area (Å²) < 4.78 is 6.39. The first-order valence-electron chi connectivity index (χ1n) is 6.59. The summed E-state index contributed by atoms with van der Waals surface area (Å²) in [7, 11) is -1.67. The fourth-order valence-electron chi connectivity index (χ4n) is 1.76. The van der Waals surface area contributed by atoms with Crippen LogP contribution in [0.2, 0.25) is 18.1 Å². The van der Waals surface area contributed by atoms with Crippen LogP contribution in [0.1, 0.15) is 46.5 Å². The van der Waals surface area contributed by atoms with Gasteiger partial charge in [-0.3, -0.25) is 4.79 Å². The number of allylic oxidation sites excluding steroid dienone is 1. The predicted octanol–water partition coefficient (Wildman–Crippen LogP) is 4.08. The standard InChI is InChI=1S/C14H26O2Si/c1-14(2,3)17(4,5)16-13-10-6-8-12(15)9-7-11-13/h6,8,13H,7,9-11H2,1-5H3. The zero-order valence-electron chi connectivity index (χ0n) is 11.9. The lowest BCUT2D eigenvalue weighted by Gasteiger charge is -2.39. The van der Waals surface area contributed by atoms with E-state index < -0.39 is 8.32 Å². The quantitative estimate of drug-likeness (QED) is 0.694. The number of ketones is 1. The van der Waals surface area contributed by atoms with Crippen molar-refractivity contribution in [2.45, 2.75) is 70.7 Å². The van der Waals surface area contributed by atoms with Gasteiger partial charge in [-0.05, 0) is 43.5 Å². The fraction of sp³-hybridized carbons (Fsp3) is 0.786. The second kappa shape index (κ2) is 5.49. The topological polar surface area (TPSA) is 26.3 Å². The molecule has 0 aliphatic heterocycles. The van der Waals surface area contributed by atoms with Crippen LogP contribution in [0.15, 0.2) is 12.2 Å². The highest BCUT2D eigenvalue weighted by Crippen LogP contribution is 2.38. The fourth-order valence-corrected chi connectivity index (χ4v) is 3.16. The Hall–Kier alpha value is -0.413. The minimum absolute atomic E-state index is 0.259. The Kier molecular flexibility index (Phi) is 4.73. The van der Waals surface area contributed by atoms with E-state index in [9.17, 15) is 4.79 Å². The maximum atomic E-state index is 11.3. The van der Waals surface area contributed by atoms with Crippen LogP contribution >= 0.6 is 0 Å². The summed E-state index contributed by atoms with van der Waals surface area (Å²) in [6.07, 6.45) is 7.55. The Balaban J connectivity index is 2.62. The summed E-state index contributed by atoms with van der Waals surface area (Å²) in [5.41, 5.74) is 0. The molecule has 0 N–H and O–H groups in total. The second-order valence-corrected chi connectivity index (χ2v) is 11.3. The molecule has 0 saturated heterocycles. The highest BCUT2D eigenvalue weighted by Gasteiger charge is 2.38. The van der Waals surface area contributed by atoms with Gasteiger partial charge in [0.25, 0.3) is 0 Å². The van der Waals surface area contributed by atoms with Crippen molar-refractivity contribution in [2.75, 3.05) is 0 Å². The van der Waals surface area contributed by atoms with Crippen molar-refractivity contribution in [2.24, 2.45) is 0 Å². The molecule has 0 bridgehead atoms. The Bertz CT molecular complexity index is 300. The maximum absolute atomic E-state index is 11.3. The Morgan fingerprint density at radius 1 is 1.35 bits per heavy atom. The van der Waals surface area contributed by atoms with E-state index in [1.165, 1.54) is 0 Å². The van der Waals surface area contributed by atoms with E-state index in [-0.39, 0.29) is 10.8 Å².